The molecule has 3 amide bonds. The molecule has 126 valence electrons. The zero-order valence-electron chi connectivity index (χ0n) is 13.6. The first kappa shape index (κ1) is 17.1. The van der Waals surface area contributed by atoms with E-state index in [0.29, 0.717) is 13.0 Å². The second-order valence-electron chi connectivity index (χ2n) is 6.29. The molecule has 0 aliphatic carbocycles. The Morgan fingerprint density at radius 2 is 1.91 bits per heavy atom. The Morgan fingerprint density at radius 1 is 1.18 bits per heavy atom. The predicted molar refractivity (Wildman–Crippen MR) is 84.6 cm³/mol. The number of hydrogen-bond acceptors (Lipinski definition) is 3. The largest absolute Gasteiger partial charge is 0.376 e. The van der Waals surface area contributed by atoms with E-state index in [0.717, 1.165) is 45.4 Å². The minimum absolute atomic E-state index is 0.00353. The zero-order chi connectivity index (χ0) is 15.8. The van der Waals surface area contributed by atoms with Gasteiger partial charge in [0.05, 0.1) is 12.1 Å². The summed E-state index contributed by atoms with van der Waals surface area (Å²) in [7, 11) is 0. The minimum atomic E-state index is -0.216. The van der Waals surface area contributed by atoms with E-state index in [9.17, 15) is 9.59 Å². The molecule has 0 saturated carbocycles. The van der Waals surface area contributed by atoms with Crippen LogP contribution in [0.4, 0.5) is 4.79 Å². The molecule has 22 heavy (non-hydrogen) atoms. The lowest BCUT2D eigenvalue weighted by atomic mass is 10.1. The number of rotatable bonds is 5. The average molecular weight is 311 g/mol. The zero-order valence-corrected chi connectivity index (χ0v) is 13.6. The molecule has 0 aromatic rings. The molecule has 2 N–H and O–H groups in total. The molecule has 0 radical (unpaired) electrons. The molecular weight excluding hydrogens is 282 g/mol. The number of carbonyl (C=O) groups is 2. The molecule has 2 heterocycles. The highest BCUT2D eigenvalue weighted by Crippen LogP contribution is 2.15. The summed E-state index contributed by atoms with van der Waals surface area (Å²) in [5.74, 6) is 0.148. The molecule has 0 aromatic heterocycles. The number of nitrogens with zero attached hydrogens (tertiary/aromatic N) is 1. The van der Waals surface area contributed by atoms with Crippen LogP contribution in [0.1, 0.15) is 51.9 Å². The van der Waals surface area contributed by atoms with Crippen LogP contribution in [0.15, 0.2) is 0 Å². The van der Waals surface area contributed by atoms with Gasteiger partial charge in [-0.2, -0.15) is 0 Å². The van der Waals surface area contributed by atoms with Gasteiger partial charge in [-0.05, 0) is 32.6 Å². The summed E-state index contributed by atoms with van der Waals surface area (Å²) in [6, 6.07) is -0.213. The Bertz CT molecular complexity index is 362. The average Bonchev–Trinajstić information content (AvgIpc) is 2.90. The van der Waals surface area contributed by atoms with Gasteiger partial charge >= 0.3 is 6.03 Å². The van der Waals surface area contributed by atoms with Gasteiger partial charge in [0, 0.05) is 32.7 Å². The number of carbonyl (C=O) groups excluding carboxylic acids is 2. The number of nitrogens with one attached hydrogen (secondary N) is 2. The van der Waals surface area contributed by atoms with Gasteiger partial charge in [-0.15, -0.1) is 0 Å². The van der Waals surface area contributed by atoms with Crippen molar-refractivity contribution in [1.29, 1.82) is 0 Å². The number of likely N-dealkylation sites (tertiary alicyclic amines) is 1. The highest BCUT2D eigenvalue weighted by Gasteiger charge is 2.23. The topological polar surface area (TPSA) is 70.7 Å². The summed E-state index contributed by atoms with van der Waals surface area (Å²) >= 11 is 0. The summed E-state index contributed by atoms with van der Waals surface area (Å²) in [6.07, 6.45) is 7.16. The monoisotopic (exact) mass is 311 g/mol. The maximum atomic E-state index is 12.1. The van der Waals surface area contributed by atoms with Gasteiger partial charge in [-0.25, -0.2) is 4.79 Å². The van der Waals surface area contributed by atoms with Gasteiger partial charge in [-0.1, -0.05) is 12.8 Å². The smallest absolute Gasteiger partial charge is 0.315 e. The second kappa shape index (κ2) is 8.98. The summed E-state index contributed by atoms with van der Waals surface area (Å²) in [5, 5.41) is 5.65. The lowest BCUT2D eigenvalue weighted by Gasteiger charge is -2.21. The van der Waals surface area contributed by atoms with Crippen LogP contribution in [0.5, 0.6) is 0 Å². The molecular formula is C16H29N3O3. The van der Waals surface area contributed by atoms with Crippen LogP contribution in [0.3, 0.4) is 0 Å². The Hall–Kier alpha value is -1.30. The highest BCUT2D eigenvalue weighted by molar-refractivity contribution is 5.78. The quantitative estimate of drug-likeness (QED) is 0.811. The molecule has 2 saturated heterocycles. The van der Waals surface area contributed by atoms with Gasteiger partial charge in [0.1, 0.15) is 0 Å². The van der Waals surface area contributed by atoms with Crippen molar-refractivity contribution < 1.29 is 14.3 Å². The molecule has 6 nitrogen and oxygen atoms in total. The third-order valence-corrected chi connectivity index (χ3v) is 4.46. The second-order valence-corrected chi connectivity index (χ2v) is 6.29. The van der Waals surface area contributed by atoms with Crippen LogP contribution in [-0.4, -0.2) is 55.2 Å². The number of urea groups is 1. The van der Waals surface area contributed by atoms with Crippen molar-refractivity contribution in [3.63, 3.8) is 0 Å². The van der Waals surface area contributed by atoms with E-state index in [2.05, 4.69) is 10.6 Å². The normalized spacial score (nSPS) is 23.7. The fraction of sp³-hybridized carbons (Fsp3) is 0.875. The van der Waals surface area contributed by atoms with E-state index in [4.69, 9.17) is 4.74 Å². The first-order valence-electron chi connectivity index (χ1n) is 8.60. The van der Waals surface area contributed by atoms with E-state index >= 15 is 0 Å². The Labute approximate surface area is 132 Å². The maximum Gasteiger partial charge on any atom is 0.315 e. The molecule has 0 aromatic carbocycles. The standard InChI is InChI=1S/C16H29N3O3/c1-13(14-7-6-12-22-14)18-16(21)17-9-8-15(20)19-10-4-2-3-5-11-19/h13-14H,2-12H2,1H3,(H2,17,18,21). The Morgan fingerprint density at radius 3 is 2.55 bits per heavy atom. The fourth-order valence-electron chi connectivity index (χ4n) is 3.11. The van der Waals surface area contributed by atoms with Crippen molar-refractivity contribution in [1.82, 2.24) is 15.5 Å². The lowest BCUT2D eigenvalue weighted by Crippen LogP contribution is -2.46. The molecule has 2 atom stereocenters. The van der Waals surface area contributed by atoms with Gasteiger partial charge in [0.15, 0.2) is 0 Å². The Balaban J connectivity index is 1.60. The van der Waals surface area contributed by atoms with Gasteiger partial charge in [-0.3, -0.25) is 4.79 Å². The summed E-state index contributed by atoms with van der Waals surface area (Å²) in [5.41, 5.74) is 0. The van der Waals surface area contributed by atoms with Crippen LogP contribution >= 0.6 is 0 Å². The van der Waals surface area contributed by atoms with Crippen LogP contribution in [0.25, 0.3) is 0 Å². The molecule has 0 spiro atoms. The number of hydrogen-bond donors (Lipinski definition) is 2. The molecule has 2 unspecified atom stereocenters. The molecule has 6 heteroatoms. The van der Waals surface area contributed by atoms with Gasteiger partial charge in [0.25, 0.3) is 0 Å². The molecule has 2 aliphatic rings. The first-order chi connectivity index (χ1) is 10.7. The fourth-order valence-corrected chi connectivity index (χ4v) is 3.11. The van der Waals surface area contributed by atoms with Gasteiger partial charge in [0.2, 0.25) is 5.91 Å². The van der Waals surface area contributed by atoms with Crippen LogP contribution in [0, 0.1) is 0 Å². The number of ether oxygens (including phenoxy) is 1. The first-order valence-corrected chi connectivity index (χ1v) is 8.60. The van der Waals surface area contributed by atoms with Crippen molar-refractivity contribution in [2.75, 3.05) is 26.2 Å². The number of amides is 3. The SMILES string of the molecule is CC(NC(=O)NCCC(=O)N1CCCCCC1)C1CCCO1. The van der Waals surface area contributed by atoms with Crippen LogP contribution in [0.2, 0.25) is 0 Å². The highest BCUT2D eigenvalue weighted by atomic mass is 16.5. The van der Waals surface area contributed by atoms with E-state index < -0.39 is 0 Å². The third-order valence-electron chi connectivity index (χ3n) is 4.46. The van der Waals surface area contributed by atoms with E-state index in [-0.39, 0.29) is 24.1 Å². The van der Waals surface area contributed by atoms with Gasteiger partial charge < -0.3 is 20.3 Å². The van der Waals surface area contributed by atoms with Crippen molar-refractivity contribution >= 4 is 11.9 Å². The predicted octanol–water partition coefficient (Wildman–Crippen LogP) is 1.65. The van der Waals surface area contributed by atoms with E-state index in [1.54, 1.807) is 0 Å². The summed E-state index contributed by atoms with van der Waals surface area (Å²) in [6.45, 7) is 4.85. The van der Waals surface area contributed by atoms with Crippen LogP contribution in [-0.2, 0) is 9.53 Å². The van der Waals surface area contributed by atoms with Crippen molar-refractivity contribution in [2.24, 2.45) is 0 Å². The minimum Gasteiger partial charge on any atom is -0.376 e. The maximum absolute atomic E-state index is 12.1. The van der Waals surface area contributed by atoms with Crippen molar-refractivity contribution in [3.05, 3.63) is 0 Å². The Kier molecular flexibility index (Phi) is 6.96. The molecule has 2 aliphatic heterocycles. The van der Waals surface area contributed by atoms with Crippen LogP contribution < -0.4 is 10.6 Å². The molecule has 2 fully saturated rings. The third kappa shape index (κ3) is 5.48. The van der Waals surface area contributed by atoms with Crippen molar-refractivity contribution in [3.8, 4) is 0 Å². The molecule has 0 bridgehead atoms. The van der Waals surface area contributed by atoms with Crippen molar-refractivity contribution in [2.45, 2.75) is 64.0 Å². The summed E-state index contributed by atoms with van der Waals surface area (Å²) in [4.78, 5) is 25.9. The lowest BCUT2D eigenvalue weighted by molar-refractivity contribution is -0.131. The van der Waals surface area contributed by atoms with E-state index in [1.807, 2.05) is 11.8 Å². The molecule has 2 rings (SSSR count). The summed E-state index contributed by atoms with van der Waals surface area (Å²) < 4.78 is 5.55. The van der Waals surface area contributed by atoms with E-state index in [1.165, 1.54) is 12.8 Å².